The second-order valence-electron chi connectivity index (χ2n) is 3.63. The van der Waals surface area contributed by atoms with Crippen molar-refractivity contribution >= 4 is 23.6 Å². The SMILES string of the molecule is CN(C)P(Cl)(=Nc1ccccc1)N(C)C. The van der Waals surface area contributed by atoms with Crippen molar-refractivity contribution in [3.8, 4) is 0 Å². The number of nitrogens with zero attached hydrogens (tertiary/aromatic N) is 3. The van der Waals surface area contributed by atoms with Gasteiger partial charge in [-0.15, -0.1) is 0 Å². The Kier molecular flexibility index (Phi) is 4.35. The van der Waals surface area contributed by atoms with E-state index in [0.29, 0.717) is 0 Å². The molecule has 1 aromatic carbocycles. The summed E-state index contributed by atoms with van der Waals surface area (Å²) in [6.45, 7) is -2.07. The maximum Gasteiger partial charge on any atom is 0.190 e. The number of halogens is 1. The zero-order chi connectivity index (χ0) is 11.5. The molecule has 0 aromatic heterocycles. The van der Waals surface area contributed by atoms with Gasteiger partial charge in [0.2, 0.25) is 0 Å². The average Bonchev–Trinajstić information content (AvgIpc) is 2.18. The Morgan fingerprint density at radius 2 is 1.47 bits per heavy atom. The van der Waals surface area contributed by atoms with Gasteiger partial charge in [0.15, 0.2) is 6.71 Å². The Bertz CT molecular complexity index is 350. The lowest BCUT2D eigenvalue weighted by Gasteiger charge is -2.30. The van der Waals surface area contributed by atoms with E-state index in [1.165, 1.54) is 0 Å². The maximum absolute atomic E-state index is 6.54. The van der Waals surface area contributed by atoms with Crippen molar-refractivity contribution in [3.63, 3.8) is 0 Å². The molecule has 0 saturated carbocycles. The highest BCUT2D eigenvalue weighted by molar-refractivity contribution is 7.87. The van der Waals surface area contributed by atoms with Crippen LogP contribution < -0.4 is 0 Å². The number of benzene rings is 1. The van der Waals surface area contributed by atoms with Crippen molar-refractivity contribution in [2.75, 3.05) is 28.2 Å². The molecular formula is C10H17ClN3P. The largest absolute Gasteiger partial charge is 0.252 e. The average molecular weight is 246 g/mol. The van der Waals surface area contributed by atoms with Gasteiger partial charge in [0.1, 0.15) is 0 Å². The molecule has 0 bridgehead atoms. The normalized spacial score (nSPS) is 12.2. The van der Waals surface area contributed by atoms with E-state index in [-0.39, 0.29) is 0 Å². The maximum atomic E-state index is 6.54. The molecule has 0 fully saturated rings. The van der Waals surface area contributed by atoms with Gasteiger partial charge in [-0.3, -0.25) is 9.34 Å². The van der Waals surface area contributed by atoms with E-state index >= 15 is 0 Å². The summed E-state index contributed by atoms with van der Waals surface area (Å²) in [4.78, 5) is 0. The first-order valence-electron chi connectivity index (χ1n) is 4.69. The first kappa shape index (κ1) is 12.7. The van der Waals surface area contributed by atoms with Crippen LogP contribution in [-0.4, -0.2) is 37.5 Å². The van der Waals surface area contributed by atoms with E-state index in [4.69, 9.17) is 11.2 Å². The van der Waals surface area contributed by atoms with Gasteiger partial charge < -0.3 is 0 Å². The van der Waals surface area contributed by atoms with Gasteiger partial charge in [0.25, 0.3) is 0 Å². The molecule has 0 heterocycles. The fraction of sp³-hybridized carbons (Fsp3) is 0.400. The zero-order valence-corrected chi connectivity index (χ0v) is 11.2. The Balaban J connectivity index is 3.16. The van der Waals surface area contributed by atoms with Gasteiger partial charge in [-0.05, 0) is 51.6 Å². The predicted octanol–water partition coefficient (Wildman–Crippen LogP) is 3.63. The summed E-state index contributed by atoms with van der Waals surface area (Å²) in [7, 11) is 7.81. The lowest BCUT2D eigenvalue weighted by molar-refractivity contribution is 0.577. The highest BCUT2D eigenvalue weighted by atomic mass is 35.7. The zero-order valence-electron chi connectivity index (χ0n) is 9.55. The lowest BCUT2D eigenvalue weighted by atomic mass is 10.3. The van der Waals surface area contributed by atoms with Gasteiger partial charge in [-0.1, -0.05) is 18.2 Å². The van der Waals surface area contributed by atoms with Crippen LogP contribution in [0.5, 0.6) is 0 Å². The monoisotopic (exact) mass is 245 g/mol. The van der Waals surface area contributed by atoms with Crippen LogP contribution in [0.3, 0.4) is 0 Å². The van der Waals surface area contributed by atoms with Crippen LogP contribution in [0.25, 0.3) is 0 Å². The highest BCUT2D eigenvalue weighted by Crippen LogP contribution is 2.59. The Hall–Kier alpha value is -0.340. The Labute approximate surface area is 96.6 Å². The van der Waals surface area contributed by atoms with Gasteiger partial charge in [0, 0.05) is 0 Å². The third-order valence-corrected chi connectivity index (χ3v) is 6.58. The van der Waals surface area contributed by atoms with Crippen molar-refractivity contribution in [3.05, 3.63) is 30.3 Å². The van der Waals surface area contributed by atoms with E-state index in [9.17, 15) is 0 Å². The van der Waals surface area contributed by atoms with E-state index in [1.807, 2.05) is 67.9 Å². The van der Waals surface area contributed by atoms with Crippen LogP contribution in [0.2, 0.25) is 0 Å². The summed E-state index contributed by atoms with van der Waals surface area (Å²) in [5.41, 5.74) is 0.920. The molecule has 0 radical (unpaired) electrons. The molecule has 1 aromatic rings. The molecular weight excluding hydrogens is 229 g/mol. The van der Waals surface area contributed by atoms with Gasteiger partial charge >= 0.3 is 0 Å². The first-order valence-corrected chi connectivity index (χ1v) is 7.24. The second kappa shape index (κ2) is 5.13. The second-order valence-corrected chi connectivity index (χ2v) is 7.78. The third kappa shape index (κ3) is 3.05. The van der Waals surface area contributed by atoms with Gasteiger partial charge in [-0.25, -0.2) is 4.74 Å². The van der Waals surface area contributed by atoms with Gasteiger partial charge in [-0.2, -0.15) is 0 Å². The first-order chi connectivity index (χ1) is 6.97. The molecule has 0 aliphatic rings. The van der Waals surface area contributed by atoms with E-state index in [1.54, 1.807) is 0 Å². The molecule has 15 heavy (non-hydrogen) atoms. The van der Waals surface area contributed by atoms with Crippen LogP contribution in [0.1, 0.15) is 0 Å². The summed E-state index contributed by atoms with van der Waals surface area (Å²) in [5, 5.41) is 0. The molecule has 0 unspecified atom stereocenters. The molecule has 0 aliphatic carbocycles. The fourth-order valence-corrected chi connectivity index (χ4v) is 2.94. The summed E-state index contributed by atoms with van der Waals surface area (Å²) in [5.74, 6) is 0. The topological polar surface area (TPSA) is 18.8 Å². The van der Waals surface area contributed by atoms with Gasteiger partial charge in [0.05, 0.1) is 5.69 Å². The van der Waals surface area contributed by atoms with Crippen molar-refractivity contribution < 1.29 is 0 Å². The molecule has 84 valence electrons. The van der Waals surface area contributed by atoms with Crippen molar-refractivity contribution in [2.45, 2.75) is 0 Å². The minimum absolute atomic E-state index is 0.920. The van der Waals surface area contributed by atoms with Crippen LogP contribution in [0.15, 0.2) is 35.1 Å². The summed E-state index contributed by atoms with van der Waals surface area (Å²) in [6, 6.07) is 9.82. The highest BCUT2D eigenvalue weighted by Gasteiger charge is 2.21. The molecule has 5 heteroatoms. The predicted molar refractivity (Wildman–Crippen MR) is 68.7 cm³/mol. The Morgan fingerprint density at radius 3 is 1.87 bits per heavy atom. The number of rotatable bonds is 3. The minimum Gasteiger partial charge on any atom is -0.252 e. The standard InChI is InChI=1S/C10H17ClN3P/c1-13(2)15(11,14(3)4)12-10-8-6-5-7-9-10/h5-9H,1-4H3. The van der Waals surface area contributed by atoms with E-state index in [0.717, 1.165) is 5.69 Å². The molecule has 0 atom stereocenters. The number of hydrogen-bond acceptors (Lipinski definition) is 1. The van der Waals surface area contributed by atoms with Crippen LogP contribution in [0, 0.1) is 0 Å². The van der Waals surface area contributed by atoms with Crippen LogP contribution >= 0.6 is 17.9 Å². The third-order valence-electron chi connectivity index (χ3n) is 2.02. The quantitative estimate of drug-likeness (QED) is 0.758. The lowest BCUT2D eigenvalue weighted by Crippen LogP contribution is -2.17. The molecule has 1 rings (SSSR count). The van der Waals surface area contributed by atoms with E-state index in [2.05, 4.69) is 4.74 Å². The molecule has 0 spiro atoms. The fourth-order valence-electron chi connectivity index (χ4n) is 1.18. The Morgan fingerprint density at radius 1 is 1.00 bits per heavy atom. The van der Waals surface area contributed by atoms with E-state index < -0.39 is 6.71 Å². The molecule has 0 N–H and O–H groups in total. The van der Waals surface area contributed by atoms with Crippen molar-refractivity contribution in [2.24, 2.45) is 4.74 Å². The van der Waals surface area contributed by atoms with Crippen molar-refractivity contribution in [1.82, 2.24) is 9.34 Å². The molecule has 0 saturated heterocycles. The minimum atomic E-state index is -2.07. The number of hydrogen-bond donors (Lipinski definition) is 0. The molecule has 0 amide bonds. The summed E-state index contributed by atoms with van der Waals surface area (Å²) >= 11 is 6.54. The molecule has 3 nitrogen and oxygen atoms in total. The van der Waals surface area contributed by atoms with Crippen LogP contribution in [-0.2, 0) is 0 Å². The molecule has 0 aliphatic heterocycles. The summed E-state index contributed by atoms with van der Waals surface area (Å²) in [6.07, 6.45) is 0. The smallest absolute Gasteiger partial charge is 0.190 e. The van der Waals surface area contributed by atoms with Crippen molar-refractivity contribution in [1.29, 1.82) is 0 Å². The summed E-state index contributed by atoms with van der Waals surface area (Å²) < 4.78 is 8.57. The van der Waals surface area contributed by atoms with Crippen LogP contribution in [0.4, 0.5) is 5.69 Å².